The van der Waals surface area contributed by atoms with Gasteiger partial charge in [0.05, 0.1) is 13.2 Å². The van der Waals surface area contributed by atoms with Gasteiger partial charge < -0.3 is 14.6 Å². The van der Waals surface area contributed by atoms with Gasteiger partial charge in [0.15, 0.2) is 0 Å². The maximum Gasteiger partial charge on any atom is 0.333 e. The summed E-state index contributed by atoms with van der Waals surface area (Å²) in [5.41, 5.74) is 0.832. The molecule has 0 amide bonds. The molecule has 1 N–H and O–H groups in total. The lowest BCUT2D eigenvalue weighted by Gasteiger charge is -2.14. The number of unbranched alkanes of at least 4 members (excludes halogenated alkanes) is 1. The molecule has 0 aliphatic rings. The second-order valence-electron chi connectivity index (χ2n) is 5.44. The zero-order valence-electron chi connectivity index (χ0n) is 15.0. The standard InChI is InChI=1S/C12H22O2.C6H10O3/c1-5-7-8-11(6-2)9-14-12(13)10(3)4;1-5(2)6(8)9-4-3-7/h11H,3,5-9H2,1-2,4H3;7H,1,3-4H2,2H3. The minimum Gasteiger partial charge on any atom is -0.462 e. The molecule has 0 saturated heterocycles. The number of aliphatic hydroxyl groups is 1. The van der Waals surface area contributed by atoms with Crippen molar-refractivity contribution in [1.82, 2.24) is 0 Å². The molecule has 0 aromatic carbocycles. The molecule has 0 fully saturated rings. The maximum atomic E-state index is 11.1. The Bertz CT molecular complexity index is 374. The molecule has 5 heteroatoms. The molecule has 23 heavy (non-hydrogen) atoms. The van der Waals surface area contributed by atoms with Crippen molar-refractivity contribution >= 4 is 11.9 Å². The number of esters is 2. The van der Waals surface area contributed by atoms with E-state index in [1.807, 2.05) is 0 Å². The van der Waals surface area contributed by atoms with Crippen LogP contribution in [0.4, 0.5) is 0 Å². The first-order chi connectivity index (χ1) is 10.8. The smallest absolute Gasteiger partial charge is 0.333 e. The fourth-order valence-corrected chi connectivity index (χ4v) is 1.48. The maximum absolute atomic E-state index is 11.1. The van der Waals surface area contributed by atoms with Gasteiger partial charge in [-0.05, 0) is 26.2 Å². The van der Waals surface area contributed by atoms with E-state index in [0.717, 1.165) is 12.8 Å². The van der Waals surface area contributed by atoms with Crippen molar-refractivity contribution in [3.05, 3.63) is 24.3 Å². The molecule has 0 aromatic heterocycles. The van der Waals surface area contributed by atoms with Gasteiger partial charge in [-0.15, -0.1) is 0 Å². The summed E-state index contributed by atoms with van der Waals surface area (Å²) in [7, 11) is 0. The lowest BCUT2D eigenvalue weighted by atomic mass is 10.0. The highest BCUT2D eigenvalue weighted by atomic mass is 16.5. The Morgan fingerprint density at radius 1 is 1.04 bits per heavy atom. The molecule has 0 aliphatic carbocycles. The summed E-state index contributed by atoms with van der Waals surface area (Å²) in [5, 5.41) is 8.19. The van der Waals surface area contributed by atoms with E-state index in [9.17, 15) is 9.59 Å². The molecule has 1 unspecified atom stereocenters. The van der Waals surface area contributed by atoms with E-state index in [-0.39, 0.29) is 19.2 Å². The quantitative estimate of drug-likeness (QED) is 0.491. The summed E-state index contributed by atoms with van der Waals surface area (Å²) in [4.78, 5) is 21.6. The average Bonchev–Trinajstić information content (AvgIpc) is 2.52. The van der Waals surface area contributed by atoms with E-state index >= 15 is 0 Å². The van der Waals surface area contributed by atoms with Crippen LogP contribution in [-0.4, -0.2) is 36.9 Å². The third-order valence-electron chi connectivity index (χ3n) is 3.01. The number of rotatable bonds is 10. The Morgan fingerprint density at radius 3 is 1.96 bits per heavy atom. The van der Waals surface area contributed by atoms with Gasteiger partial charge in [-0.1, -0.05) is 46.3 Å². The average molecular weight is 328 g/mol. The minimum absolute atomic E-state index is 0.0473. The van der Waals surface area contributed by atoms with Crippen LogP contribution in [0.25, 0.3) is 0 Å². The van der Waals surface area contributed by atoms with Gasteiger partial charge in [-0.25, -0.2) is 9.59 Å². The largest absolute Gasteiger partial charge is 0.462 e. The van der Waals surface area contributed by atoms with Gasteiger partial charge in [-0.3, -0.25) is 0 Å². The number of hydrogen-bond donors (Lipinski definition) is 1. The van der Waals surface area contributed by atoms with Crippen molar-refractivity contribution in [2.45, 2.75) is 53.4 Å². The van der Waals surface area contributed by atoms with E-state index in [2.05, 4.69) is 31.7 Å². The molecule has 5 nitrogen and oxygen atoms in total. The first-order valence-corrected chi connectivity index (χ1v) is 8.06. The molecule has 0 rings (SSSR count). The van der Waals surface area contributed by atoms with Crippen LogP contribution in [0.15, 0.2) is 24.3 Å². The van der Waals surface area contributed by atoms with Crippen molar-refractivity contribution in [2.75, 3.05) is 19.8 Å². The van der Waals surface area contributed by atoms with Crippen LogP contribution in [0.2, 0.25) is 0 Å². The molecule has 0 aliphatic heterocycles. The van der Waals surface area contributed by atoms with E-state index in [0.29, 0.717) is 23.7 Å². The molecule has 0 bridgehead atoms. The zero-order valence-corrected chi connectivity index (χ0v) is 15.0. The number of aliphatic hydroxyl groups excluding tert-OH is 1. The van der Waals surface area contributed by atoms with Crippen LogP contribution in [-0.2, 0) is 19.1 Å². The molecule has 0 saturated carbocycles. The van der Waals surface area contributed by atoms with Gasteiger partial charge in [0.1, 0.15) is 6.61 Å². The first kappa shape index (κ1) is 23.6. The number of ether oxygens (including phenoxy) is 2. The lowest BCUT2D eigenvalue weighted by molar-refractivity contribution is -0.141. The summed E-state index contributed by atoms with van der Waals surface area (Å²) in [6.07, 6.45) is 4.63. The molecular weight excluding hydrogens is 296 g/mol. The van der Waals surface area contributed by atoms with Gasteiger partial charge in [0, 0.05) is 11.1 Å². The number of hydrogen-bond acceptors (Lipinski definition) is 5. The molecular formula is C18H32O5. The lowest BCUT2D eigenvalue weighted by Crippen LogP contribution is -2.14. The highest BCUT2D eigenvalue weighted by Crippen LogP contribution is 2.13. The van der Waals surface area contributed by atoms with Crippen molar-refractivity contribution < 1.29 is 24.2 Å². The van der Waals surface area contributed by atoms with Gasteiger partial charge in [0.2, 0.25) is 0 Å². The monoisotopic (exact) mass is 328 g/mol. The Labute approximate surface area is 140 Å². The van der Waals surface area contributed by atoms with E-state index in [4.69, 9.17) is 9.84 Å². The minimum atomic E-state index is -0.455. The normalized spacial score (nSPS) is 10.8. The first-order valence-electron chi connectivity index (χ1n) is 8.06. The third kappa shape index (κ3) is 15.1. The molecule has 134 valence electrons. The fraction of sp³-hybridized carbons (Fsp3) is 0.667. The summed E-state index contributed by atoms with van der Waals surface area (Å²) < 4.78 is 9.58. The van der Waals surface area contributed by atoms with Gasteiger partial charge >= 0.3 is 11.9 Å². The van der Waals surface area contributed by atoms with Gasteiger partial charge in [-0.2, -0.15) is 0 Å². The molecule has 0 heterocycles. The Hall–Kier alpha value is -1.62. The topological polar surface area (TPSA) is 72.8 Å². The Balaban J connectivity index is 0. The van der Waals surface area contributed by atoms with Crippen LogP contribution in [0, 0.1) is 5.92 Å². The molecule has 0 radical (unpaired) electrons. The van der Waals surface area contributed by atoms with E-state index < -0.39 is 5.97 Å². The van der Waals surface area contributed by atoms with Crippen LogP contribution < -0.4 is 0 Å². The highest BCUT2D eigenvalue weighted by Gasteiger charge is 2.09. The van der Waals surface area contributed by atoms with E-state index in [1.165, 1.54) is 12.8 Å². The second-order valence-corrected chi connectivity index (χ2v) is 5.44. The van der Waals surface area contributed by atoms with Crippen LogP contribution >= 0.6 is 0 Å². The fourth-order valence-electron chi connectivity index (χ4n) is 1.48. The molecule has 1 atom stereocenters. The summed E-state index contributed by atoms with van der Waals surface area (Å²) in [5.74, 6) is -0.206. The number of carbonyl (C=O) groups is 2. The second kappa shape index (κ2) is 15.3. The van der Waals surface area contributed by atoms with E-state index in [1.54, 1.807) is 13.8 Å². The zero-order chi connectivity index (χ0) is 18.3. The van der Waals surface area contributed by atoms with Crippen molar-refractivity contribution in [3.8, 4) is 0 Å². The molecule has 0 aromatic rings. The van der Waals surface area contributed by atoms with Crippen molar-refractivity contribution in [2.24, 2.45) is 5.92 Å². The predicted molar refractivity (Wildman–Crippen MR) is 91.9 cm³/mol. The van der Waals surface area contributed by atoms with Crippen molar-refractivity contribution in [3.63, 3.8) is 0 Å². The van der Waals surface area contributed by atoms with Crippen molar-refractivity contribution in [1.29, 1.82) is 0 Å². The third-order valence-corrected chi connectivity index (χ3v) is 3.01. The number of carbonyl (C=O) groups excluding carboxylic acids is 2. The predicted octanol–water partition coefficient (Wildman–Crippen LogP) is 3.42. The van der Waals surface area contributed by atoms with Crippen LogP contribution in [0.5, 0.6) is 0 Å². The van der Waals surface area contributed by atoms with Crippen LogP contribution in [0.1, 0.15) is 53.4 Å². The Morgan fingerprint density at radius 2 is 1.57 bits per heavy atom. The SMILES string of the molecule is C=C(C)C(=O)OCC(CC)CCCC.C=C(C)C(=O)OCCO. The highest BCUT2D eigenvalue weighted by molar-refractivity contribution is 5.87. The van der Waals surface area contributed by atoms with Crippen LogP contribution in [0.3, 0.4) is 0 Å². The summed E-state index contributed by atoms with van der Waals surface area (Å²) in [6, 6.07) is 0. The summed E-state index contributed by atoms with van der Waals surface area (Å²) >= 11 is 0. The Kier molecular flexibility index (Phi) is 15.7. The molecule has 0 spiro atoms. The van der Waals surface area contributed by atoms with Gasteiger partial charge in [0.25, 0.3) is 0 Å². The summed E-state index contributed by atoms with van der Waals surface area (Å²) in [6.45, 7) is 14.9.